The number of carbonyl (C=O) groups is 1. The molecule has 6 nitrogen and oxygen atoms in total. The summed E-state index contributed by atoms with van der Waals surface area (Å²) in [4.78, 5) is 21.0. The lowest BCUT2D eigenvalue weighted by atomic mass is 10.1. The summed E-state index contributed by atoms with van der Waals surface area (Å²) in [5.41, 5.74) is 0. The van der Waals surface area contributed by atoms with Crippen LogP contribution >= 0.6 is 11.3 Å². The number of piperazine rings is 1. The van der Waals surface area contributed by atoms with Gasteiger partial charge in [-0.15, -0.1) is 11.3 Å². The Hall–Kier alpha value is -1.02. The van der Waals surface area contributed by atoms with Crippen LogP contribution in [0.5, 0.6) is 0 Å². The third kappa shape index (κ3) is 4.49. The molecule has 0 radical (unpaired) electrons. The molecule has 1 saturated heterocycles. The highest BCUT2D eigenvalue weighted by Gasteiger charge is 2.31. The molecular formula is C15H26N4O2S. The third-order valence-corrected chi connectivity index (χ3v) is 4.88. The number of hydrogen-bond acceptors (Lipinski definition) is 6. The van der Waals surface area contributed by atoms with E-state index in [1.807, 2.05) is 19.2 Å². The van der Waals surface area contributed by atoms with Gasteiger partial charge in [-0.1, -0.05) is 6.92 Å². The Morgan fingerprint density at radius 2 is 2.32 bits per heavy atom. The first-order valence-electron chi connectivity index (χ1n) is 7.87. The number of anilines is 1. The van der Waals surface area contributed by atoms with Crippen molar-refractivity contribution in [2.75, 3.05) is 31.5 Å². The van der Waals surface area contributed by atoms with E-state index in [2.05, 4.69) is 27.0 Å². The zero-order chi connectivity index (χ0) is 16.1. The van der Waals surface area contributed by atoms with E-state index in [1.165, 1.54) is 11.3 Å². The van der Waals surface area contributed by atoms with Crippen LogP contribution in [0.4, 0.5) is 5.13 Å². The Morgan fingerprint density at radius 3 is 2.91 bits per heavy atom. The highest BCUT2D eigenvalue weighted by molar-refractivity contribution is 7.13. The van der Waals surface area contributed by atoms with Crippen LogP contribution in [0.2, 0.25) is 0 Å². The van der Waals surface area contributed by atoms with E-state index in [0.717, 1.165) is 26.1 Å². The SMILES string of the molecule is CC[C@@H]1CN([C@@H](C)C(=O)Nc2nccs2)CCN1C[C@@H](C)O. The predicted molar refractivity (Wildman–Crippen MR) is 89.1 cm³/mol. The Labute approximate surface area is 136 Å². The van der Waals surface area contributed by atoms with E-state index in [0.29, 0.717) is 17.7 Å². The van der Waals surface area contributed by atoms with Crippen molar-refractivity contribution in [3.63, 3.8) is 0 Å². The normalized spacial score (nSPS) is 23.2. The fourth-order valence-corrected chi connectivity index (χ4v) is 3.43. The second-order valence-corrected chi connectivity index (χ2v) is 6.80. The number of aliphatic hydroxyl groups is 1. The molecule has 0 spiro atoms. The number of hydrogen-bond donors (Lipinski definition) is 2. The molecule has 1 aliphatic rings. The summed E-state index contributed by atoms with van der Waals surface area (Å²) in [6.07, 6.45) is 2.39. The molecule has 2 heterocycles. The summed E-state index contributed by atoms with van der Waals surface area (Å²) >= 11 is 1.43. The molecular weight excluding hydrogens is 300 g/mol. The van der Waals surface area contributed by atoms with Crippen molar-refractivity contribution in [2.24, 2.45) is 0 Å². The molecule has 3 atom stereocenters. The van der Waals surface area contributed by atoms with Gasteiger partial charge < -0.3 is 10.4 Å². The summed E-state index contributed by atoms with van der Waals surface area (Å²) in [5, 5.41) is 15.0. The molecule has 1 amide bonds. The Kier molecular flexibility index (Phi) is 6.31. The number of β-amino-alcohol motifs (C(OH)–C–C–N with tert-alkyl or cyclic N) is 1. The number of rotatable bonds is 6. The highest BCUT2D eigenvalue weighted by atomic mass is 32.1. The average molecular weight is 326 g/mol. The van der Waals surface area contributed by atoms with E-state index < -0.39 is 0 Å². The second-order valence-electron chi connectivity index (χ2n) is 5.90. The van der Waals surface area contributed by atoms with Crippen molar-refractivity contribution >= 4 is 22.4 Å². The minimum Gasteiger partial charge on any atom is -0.392 e. The second kappa shape index (κ2) is 8.01. The minimum atomic E-state index is -0.314. The molecule has 1 fully saturated rings. The third-order valence-electron chi connectivity index (χ3n) is 4.20. The molecule has 124 valence electrons. The van der Waals surface area contributed by atoms with Gasteiger partial charge in [0.05, 0.1) is 12.1 Å². The number of amides is 1. The summed E-state index contributed by atoms with van der Waals surface area (Å²) < 4.78 is 0. The van der Waals surface area contributed by atoms with Crippen molar-refractivity contribution in [3.8, 4) is 0 Å². The van der Waals surface area contributed by atoms with Crippen molar-refractivity contribution in [3.05, 3.63) is 11.6 Å². The first kappa shape index (κ1) is 17.3. The smallest absolute Gasteiger partial charge is 0.243 e. The topological polar surface area (TPSA) is 68.7 Å². The lowest BCUT2D eigenvalue weighted by Gasteiger charge is -2.43. The zero-order valence-electron chi connectivity index (χ0n) is 13.5. The average Bonchev–Trinajstić information content (AvgIpc) is 2.99. The van der Waals surface area contributed by atoms with Gasteiger partial charge in [-0.05, 0) is 20.3 Å². The van der Waals surface area contributed by atoms with Crippen molar-refractivity contribution in [1.29, 1.82) is 0 Å². The van der Waals surface area contributed by atoms with Gasteiger partial charge in [0.15, 0.2) is 5.13 Å². The Bertz CT molecular complexity index is 466. The fraction of sp³-hybridized carbons (Fsp3) is 0.733. The number of carbonyl (C=O) groups excluding carboxylic acids is 1. The van der Waals surface area contributed by atoms with Crippen LogP contribution in [0.25, 0.3) is 0 Å². The molecule has 2 rings (SSSR count). The summed E-state index contributed by atoms with van der Waals surface area (Å²) in [6, 6.07) is 0.213. The molecule has 0 saturated carbocycles. The van der Waals surface area contributed by atoms with Gasteiger partial charge in [0.25, 0.3) is 0 Å². The molecule has 0 unspecified atom stereocenters. The minimum absolute atomic E-state index is 0.00576. The first-order chi connectivity index (χ1) is 10.5. The number of nitrogens with zero attached hydrogens (tertiary/aromatic N) is 3. The highest BCUT2D eigenvalue weighted by Crippen LogP contribution is 2.17. The van der Waals surface area contributed by atoms with Crippen LogP contribution < -0.4 is 5.32 Å². The number of aromatic nitrogens is 1. The molecule has 22 heavy (non-hydrogen) atoms. The monoisotopic (exact) mass is 326 g/mol. The van der Waals surface area contributed by atoms with E-state index >= 15 is 0 Å². The fourth-order valence-electron chi connectivity index (χ4n) is 2.90. The zero-order valence-corrected chi connectivity index (χ0v) is 14.3. The lowest BCUT2D eigenvalue weighted by Crippen LogP contribution is -2.58. The van der Waals surface area contributed by atoms with Crippen LogP contribution in [0, 0.1) is 0 Å². The van der Waals surface area contributed by atoms with Gasteiger partial charge in [0, 0.05) is 43.8 Å². The lowest BCUT2D eigenvalue weighted by molar-refractivity contribution is -0.122. The van der Waals surface area contributed by atoms with E-state index in [4.69, 9.17) is 0 Å². The Morgan fingerprint density at radius 1 is 1.55 bits per heavy atom. The molecule has 1 aliphatic heterocycles. The van der Waals surface area contributed by atoms with E-state index in [9.17, 15) is 9.90 Å². The molecule has 0 aliphatic carbocycles. The summed E-state index contributed by atoms with van der Waals surface area (Å²) in [5.74, 6) is -0.00576. The van der Waals surface area contributed by atoms with Crippen molar-refractivity contribution < 1.29 is 9.90 Å². The predicted octanol–water partition coefficient (Wildman–Crippen LogP) is 1.25. The van der Waals surface area contributed by atoms with Gasteiger partial charge >= 0.3 is 0 Å². The van der Waals surface area contributed by atoms with Crippen LogP contribution in [-0.2, 0) is 4.79 Å². The number of nitrogens with one attached hydrogen (secondary N) is 1. The molecule has 0 bridgehead atoms. The maximum absolute atomic E-state index is 12.3. The van der Waals surface area contributed by atoms with Gasteiger partial charge in [-0.25, -0.2) is 4.98 Å². The molecule has 1 aromatic heterocycles. The van der Waals surface area contributed by atoms with Crippen molar-refractivity contribution in [1.82, 2.24) is 14.8 Å². The van der Waals surface area contributed by atoms with Crippen LogP contribution in [0.1, 0.15) is 27.2 Å². The maximum Gasteiger partial charge on any atom is 0.243 e. The summed E-state index contributed by atoms with van der Waals surface area (Å²) in [7, 11) is 0. The van der Waals surface area contributed by atoms with Crippen molar-refractivity contribution in [2.45, 2.75) is 45.4 Å². The number of aliphatic hydroxyl groups excluding tert-OH is 1. The van der Waals surface area contributed by atoms with Gasteiger partial charge in [-0.2, -0.15) is 0 Å². The summed E-state index contributed by atoms with van der Waals surface area (Å²) in [6.45, 7) is 9.21. The quantitative estimate of drug-likeness (QED) is 0.823. The van der Waals surface area contributed by atoms with E-state index in [-0.39, 0.29) is 18.1 Å². The Balaban J connectivity index is 1.91. The molecule has 2 N–H and O–H groups in total. The first-order valence-corrected chi connectivity index (χ1v) is 8.75. The van der Waals surface area contributed by atoms with Crippen LogP contribution in [0.3, 0.4) is 0 Å². The van der Waals surface area contributed by atoms with E-state index in [1.54, 1.807) is 6.20 Å². The molecule has 1 aromatic rings. The largest absolute Gasteiger partial charge is 0.392 e. The van der Waals surface area contributed by atoms with Gasteiger partial charge in [-0.3, -0.25) is 14.6 Å². The van der Waals surface area contributed by atoms with Gasteiger partial charge in [0.2, 0.25) is 5.91 Å². The molecule has 7 heteroatoms. The maximum atomic E-state index is 12.3. The standard InChI is InChI=1S/C15H26N4O2S/c1-4-13-10-18(6-7-19(13)9-11(2)20)12(3)14(21)17-15-16-5-8-22-15/h5,8,11-13,20H,4,6-7,9-10H2,1-3H3,(H,16,17,21)/t11-,12+,13-/m1/s1. The van der Waals surface area contributed by atoms with Crippen LogP contribution in [0.15, 0.2) is 11.6 Å². The molecule has 0 aromatic carbocycles. The van der Waals surface area contributed by atoms with Gasteiger partial charge in [0.1, 0.15) is 0 Å². The number of thiazole rings is 1. The van der Waals surface area contributed by atoms with Crippen LogP contribution in [-0.4, -0.2) is 70.2 Å².